The SMILES string of the molecule is CC1CCC(NS(=O)(=O)c2ccc(F)cc2)C1. The van der Waals surface area contributed by atoms with Gasteiger partial charge in [0.1, 0.15) is 5.82 Å². The van der Waals surface area contributed by atoms with Crippen LogP contribution in [0.1, 0.15) is 26.2 Å². The Labute approximate surface area is 101 Å². The number of nitrogens with one attached hydrogen (secondary N) is 1. The first-order chi connectivity index (χ1) is 7.97. The van der Waals surface area contributed by atoms with Crippen LogP contribution in [0.2, 0.25) is 0 Å². The van der Waals surface area contributed by atoms with Crippen LogP contribution in [0.25, 0.3) is 0 Å². The molecule has 1 N–H and O–H groups in total. The second kappa shape index (κ2) is 4.74. The van der Waals surface area contributed by atoms with Crippen LogP contribution < -0.4 is 4.72 Å². The topological polar surface area (TPSA) is 46.2 Å². The van der Waals surface area contributed by atoms with Gasteiger partial charge in [0.2, 0.25) is 10.0 Å². The van der Waals surface area contributed by atoms with Crippen molar-refractivity contribution >= 4 is 10.0 Å². The Balaban J connectivity index is 2.11. The first kappa shape index (κ1) is 12.5. The normalized spacial score (nSPS) is 25.1. The Bertz CT molecular complexity index is 484. The fraction of sp³-hybridized carbons (Fsp3) is 0.500. The predicted molar refractivity (Wildman–Crippen MR) is 63.5 cm³/mol. The molecule has 0 aliphatic heterocycles. The van der Waals surface area contributed by atoms with E-state index in [-0.39, 0.29) is 10.9 Å². The third-order valence-electron chi connectivity index (χ3n) is 3.14. The Morgan fingerprint density at radius 3 is 2.41 bits per heavy atom. The highest BCUT2D eigenvalue weighted by atomic mass is 32.2. The van der Waals surface area contributed by atoms with Gasteiger partial charge in [0.05, 0.1) is 4.90 Å². The molecule has 2 rings (SSSR count). The molecule has 0 spiro atoms. The molecule has 5 heteroatoms. The van der Waals surface area contributed by atoms with Gasteiger partial charge in [-0.05, 0) is 49.4 Å². The van der Waals surface area contributed by atoms with Gasteiger partial charge in [-0.2, -0.15) is 0 Å². The van der Waals surface area contributed by atoms with Crippen molar-refractivity contribution < 1.29 is 12.8 Å². The first-order valence-electron chi connectivity index (χ1n) is 5.75. The van der Waals surface area contributed by atoms with Crippen LogP contribution in [0, 0.1) is 11.7 Å². The van der Waals surface area contributed by atoms with E-state index in [4.69, 9.17) is 0 Å². The molecule has 0 aromatic heterocycles. The van der Waals surface area contributed by atoms with Crippen molar-refractivity contribution in [1.29, 1.82) is 0 Å². The molecule has 2 unspecified atom stereocenters. The molecule has 0 heterocycles. The fourth-order valence-corrected chi connectivity index (χ4v) is 3.50. The lowest BCUT2D eigenvalue weighted by Gasteiger charge is -2.12. The smallest absolute Gasteiger partial charge is 0.208 e. The molecule has 1 aromatic rings. The van der Waals surface area contributed by atoms with Crippen LogP contribution in [0.3, 0.4) is 0 Å². The first-order valence-corrected chi connectivity index (χ1v) is 7.23. The largest absolute Gasteiger partial charge is 0.240 e. The number of sulfonamides is 1. The summed E-state index contributed by atoms with van der Waals surface area (Å²) in [6.07, 6.45) is 2.80. The Morgan fingerprint density at radius 2 is 1.88 bits per heavy atom. The molecule has 0 bridgehead atoms. The molecule has 1 saturated carbocycles. The van der Waals surface area contributed by atoms with Gasteiger partial charge in [-0.1, -0.05) is 6.92 Å². The molecule has 94 valence electrons. The van der Waals surface area contributed by atoms with Crippen molar-refractivity contribution in [1.82, 2.24) is 4.72 Å². The van der Waals surface area contributed by atoms with Crippen LogP contribution in [0.4, 0.5) is 4.39 Å². The lowest BCUT2D eigenvalue weighted by molar-refractivity contribution is 0.538. The van der Waals surface area contributed by atoms with E-state index in [1.807, 2.05) is 0 Å². The molecule has 0 amide bonds. The Hall–Kier alpha value is -0.940. The summed E-state index contributed by atoms with van der Waals surface area (Å²) in [6, 6.07) is 4.91. The number of benzene rings is 1. The summed E-state index contributed by atoms with van der Waals surface area (Å²) < 4.78 is 39.3. The van der Waals surface area contributed by atoms with Crippen molar-refractivity contribution in [2.75, 3.05) is 0 Å². The molecule has 0 radical (unpaired) electrons. The van der Waals surface area contributed by atoms with E-state index in [9.17, 15) is 12.8 Å². The van der Waals surface area contributed by atoms with E-state index in [1.165, 1.54) is 12.1 Å². The molecular weight excluding hydrogens is 241 g/mol. The zero-order valence-corrected chi connectivity index (χ0v) is 10.5. The van der Waals surface area contributed by atoms with Gasteiger partial charge in [-0.3, -0.25) is 0 Å². The molecular formula is C12H16FNO2S. The molecule has 1 aliphatic rings. The fourth-order valence-electron chi connectivity index (χ4n) is 2.22. The maximum Gasteiger partial charge on any atom is 0.240 e. The summed E-state index contributed by atoms with van der Waals surface area (Å²) in [7, 11) is -3.50. The Kier molecular flexibility index (Phi) is 3.49. The minimum Gasteiger partial charge on any atom is -0.208 e. The molecule has 17 heavy (non-hydrogen) atoms. The Morgan fingerprint density at radius 1 is 1.24 bits per heavy atom. The van der Waals surface area contributed by atoms with Crippen molar-refractivity contribution in [2.24, 2.45) is 5.92 Å². The number of rotatable bonds is 3. The quantitative estimate of drug-likeness (QED) is 0.903. The van der Waals surface area contributed by atoms with Gasteiger partial charge in [-0.25, -0.2) is 17.5 Å². The highest BCUT2D eigenvalue weighted by Crippen LogP contribution is 2.26. The molecule has 2 atom stereocenters. The van der Waals surface area contributed by atoms with Crippen LogP contribution in [0.15, 0.2) is 29.2 Å². The summed E-state index contributed by atoms with van der Waals surface area (Å²) in [6.45, 7) is 2.12. The van der Waals surface area contributed by atoms with Gasteiger partial charge in [0, 0.05) is 6.04 Å². The standard InChI is InChI=1S/C12H16FNO2S/c1-9-2-5-11(8-9)14-17(15,16)12-6-3-10(13)4-7-12/h3-4,6-7,9,11,14H,2,5,8H2,1H3. The van der Waals surface area contributed by atoms with E-state index in [1.54, 1.807) is 0 Å². The van der Waals surface area contributed by atoms with Crippen LogP contribution in [-0.2, 0) is 10.0 Å². The minimum atomic E-state index is -3.50. The molecule has 1 fully saturated rings. The van der Waals surface area contributed by atoms with Gasteiger partial charge in [-0.15, -0.1) is 0 Å². The van der Waals surface area contributed by atoms with E-state index in [0.29, 0.717) is 5.92 Å². The van der Waals surface area contributed by atoms with Gasteiger partial charge in [0.15, 0.2) is 0 Å². The second-order valence-corrected chi connectivity index (χ2v) is 6.40. The third-order valence-corrected chi connectivity index (χ3v) is 4.68. The lowest BCUT2D eigenvalue weighted by atomic mass is 10.1. The lowest BCUT2D eigenvalue weighted by Crippen LogP contribution is -2.32. The average Bonchev–Trinajstić information content (AvgIpc) is 2.63. The summed E-state index contributed by atoms with van der Waals surface area (Å²) in [5.74, 6) is 0.134. The molecule has 3 nitrogen and oxygen atoms in total. The third kappa shape index (κ3) is 3.04. The van der Waals surface area contributed by atoms with Crippen molar-refractivity contribution in [2.45, 2.75) is 37.1 Å². The maximum absolute atomic E-state index is 12.7. The summed E-state index contributed by atoms with van der Waals surface area (Å²) >= 11 is 0. The highest BCUT2D eigenvalue weighted by molar-refractivity contribution is 7.89. The molecule has 1 aromatic carbocycles. The number of hydrogen-bond donors (Lipinski definition) is 1. The van der Waals surface area contributed by atoms with Gasteiger partial charge >= 0.3 is 0 Å². The van der Waals surface area contributed by atoms with Gasteiger partial charge in [0.25, 0.3) is 0 Å². The number of hydrogen-bond acceptors (Lipinski definition) is 2. The van der Waals surface area contributed by atoms with E-state index in [0.717, 1.165) is 31.4 Å². The van der Waals surface area contributed by atoms with E-state index >= 15 is 0 Å². The summed E-state index contributed by atoms with van der Waals surface area (Å²) in [4.78, 5) is 0.124. The van der Waals surface area contributed by atoms with Crippen LogP contribution in [-0.4, -0.2) is 14.5 Å². The zero-order valence-electron chi connectivity index (χ0n) is 9.69. The van der Waals surface area contributed by atoms with E-state index < -0.39 is 15.8 Å². The zero-order chi connectivity index (χ0) is 12.5. The van der Waals surface area contributed by atoms with Crippen molar-refractivity contribution in [3.05, 3.63) is 30.1 Å². The van der Waals surface area contributed by atoms with Crippen LogP contribution >= 0.6 is 0 Å². The second-order valence-electron chi connectivity index (χ2n) is 4.69. The minimum absolute atomic E-state index is 0.0139. The van der Waals surface area contributed by atoms with Crippen molar-refractivity contribution in [3.8, 4) is 0 Å². The van der Waals surface area contributed by atoms with Crippen LogP contribution in [0.5, 0.6) is 0 Å². The molecule has 1 aliphatic carbocycles. The van der Waals surface area contributed by atoms with Crippen molar-refractivity contribution in [3.63, 3.8) is 0 Å². The summed E-state index contributed by atoms with van der Waals surface area (Å²) in [5, 5.41) is 0. The number of halogens is 1. The average molecular weight is 257 g/mol. The predicted octanol–water partition coefficient (Wildman–Crippen LogP) is 2.29. The van der Waals surface area contributed by atoms with Gasteiger partial charge < -0.3 is 0 Å². The maximum atomic E-state index is 12.7. The molecule has 0 saturated heterocycles. The van der Waals surface area contributed by atoms with E-state index in [2.05, 4.69) is 11.6 Å². The highest BCUT2D eigenvalue weighted by Gasteiger charge is 2.26. The summed E-state index contributed by atoms with van der Waals surface area (Å²) in [5.41, 5.74) is 0. The monoisotopic (exact) mass is 257 g/mol.